The topological polar surface area (TPSA) is 102 Å². The number of hydrogen-bond acceptors (Lipinski definition) is 7. The third-order valence-corrected chi connectivity index (χ3v) is 6.73. The minimum absolute atomic E-state index is 0.0104. The van der Waals surface area contributed by atoms with E-state index in [2.05, 4.69) is 10.00 Å². The molecule has 0 spiro atoms. The number of nitrogens with zero attached hydrogens (tertiary/aromatic N) is 5. The van der Waals surface area contributed by atoms with Crippen LogP contribution in [0, 0.1) is 10.1 Å². The first-order chi connectivity index (χ1) is 13.6. The lowest BCUT2D eigenvalue weighted by atomic mass is 10.1. The van der Waals surface area contributed by atoms with E-state index in [-0.39, 0.29) is 10.6 Å². The summed E-state index contributed by atoms with van der Waals surface area (Å²) in [4.78, 5) is 14.7. The number of aromatic nitrogens is 2. The molecule has 9 nitrogen and oxygen atoms in total. The first-order valence-electron chi connectivity index (χ1n) is 9.27. The van der Waals surface area contributed by atoms with Gasteiger partial charge in [-0.2, -0.15) is 5.10 Å². The predicted molar refractivity (Wildman–Crippen MR) is 111 cm³/mol. The number of aryl methyl sites for hydroxylation is 2. The van der Waals surface area contributed by atoms with E-state index in [0.29, 0.717) is 43.6 Å². The molecule has 0 unspecified atom stereocenters. The fourth-order valence-electron chi connectivity index (χ4n) is 3.59. The van der Waals surface area contributed by atoms with E-state index in [1.54, 1.807) is 4.68 Å². The largest absolute Gasteiger partial charge is 0.368 e. The zero-order valence-electron chi connectivity index (χ0n) is 16.6. The van der Waals surface area contributed by atoms with Crippen LogP contribution in [0.5, 0.6) is 0 Å². The number of nitro groups is 1. The van der Waals surface area contributed by atoms with Crippen molar-refractivity contribution in [2.24, 2.45) is 7.05 Å². The van der Waals surface area contributed by atoms with Gasteiger partial charge < -0.3 is 4.90 Å². The van der Waals surface area contributed by atoms with Crippen LogP contribution < -0.4 is 4.90 Å². The average Bonchev–Trinajstić information content (AvgIpc) is 2.95. The number of non-ortho nitro benzene ring substituents is 1. The molecule has 0 atom stereocenters. The Labute approximate surface area is 174 Å². The van der Waals surface area contributed by atoms with Crippen molar-refractivity contribution >= 4 is 32.8 Å². The number of piperazine rings is 1. The molecule has 1 aliphatic rings. The Morgan fingerprint density at radius 1 is 1.24 bits per heavy atom. The van der Waals surface area contributed by atoms with Gasteiger partial charge in [0.1, 0.15) is 5.15 Å². The first-order valence-corrected chi connectivity index (χ1v) is 11.5. The van der Waals surface area contributed by atoms with Crippen LogP contribution in [-0.4, -0.2) is 60.5 Å². The molecule has 0 aliphatic carbocycles. The molecule has 1 aromatic heterocycles. The maximum atomic E-state index is 12.2. The molecule has 0 radical (unpaired) electrons. The van der Waals surface area contributed by atoms with E-state index in [9.17, 15) is 18.5 Å². The summed E-state index contributed by atoms with van der Waals surface area (Å²) in [6.45, 7) is 5.38. The molecule has 1 fully saturated rings. The molecule has 11 heteroatoms. The Morgan fingerprint density at radius 3 is 2.45 bits per heavy atom. The van der Waals surface area contributed by atoms with Gasteiger partial charge >= 0.3 is 0 Å². The first kappa shape index (κ1) is 21.5. The lowest BCUT2D eigenvalue weighted by Crippen LogP contribution is -2.46. The van der Waals surface area contributed by atoms with Crippen molar-refractivity contribution in [2.45, 2.75) is 24.8 Å². The highest BCUT2D eigenvalue weighted by atomic mass is 35.5. The van der Waals surface area contributed by atoms with E-state index < -0.39 is 14.8 Å². The van der Waals surface area contributed by atoms with E-state index in [0.717, 1.165) is 30.0 Å². The number of hydrogen-bond donors (Lipinski definition) is 0. The van der Waals surface area contributed by atoms with Gasteiger partial charge in [0.05, 0.1) is 21.2 Å². The summed E-state index contributed by atoms with van der Waals surface area (Å²) >= 11 is 6.39. The van der Waals surface area contributed by atoms with Crippen molar-refractivity contribution in [3.05, 3.63) is 44.7 Å². The number of sulfone groups is 1. The monoisotopic (exact) mass is 441 g/mol. The van der Waals surface area contributed by atoms with Crippen LogP contribution in [-0.2, 0) is 29.9 Å². The van der Waals surface area contributed by atoms with Crippen LogP contribution in [0.15, 0.2) is 23.1 Å². The standard InChI is InChI=1S/C18H24ClN5O4S/c1-4-15-14(18(19)21(2)20-15)12-22-7-9-23(10-8-22)16-6-5-13(24(25)26)11-17(16)29(3,27)28/h5-6,11H,4,7-10,12H2,1-3H3. The molecule has 1 aromatic carbocycles. The number of rotatable bonds is 6. The summed E-state index contributed by atoms with van der Waals surface area (Å²) in [5, 5.41) is 16.1. The molecule has 1 aliphatic heterocycles. The highest BCUT2D eigenvalue weighted by Gasteiger charge is 2.26. The summed E-state index contributed by atoms with van der Waals surface area (Å²) in [6, 6.07) is 4.01. The minimum Gasteiger partial charge on any atom is -0.368 e. The van der Waals surface area contributed by atoms with Crippen LogP contribution in [0.4, 0.5) is 11.4 Å². The molecule has 0 N–H and O–H groups in total. The fraction of sp³-hybridized carbons (Fsp3) is 0.500. The second-order valence-corrected chi connectivity index (χ2v) is 9.48. The van der Waals surface area contributed by atoms with Crippen LogP contribution in [0.25, 0.3) is 0 Å². The van der Waals surface area contributed by atoms with Gasteiger partial charge in [-0.1, -0.05) is 18.5 Å². The molecule has 2 heterocycles. The second kappa shape index (κ2) is 8.29. The maximum Gasteiger partial charge on any atom is 0.270 e. The van der Waals surface area contributed by atoms with E-state index in [1.807, 2.05) is 18.9 Å². The van der Waals surface area contributed by atoms with E-state index >= 15 is 0 Å². The molecule has 0 amide bonds. The zero-order valence-corrected chi connectivity index (χ0v) is 18.2. The Hall–Kier alpha value is -2.17. The molecular formula is C18H24ClN5O4S. The number of halogens is 1. The highest BCUT2D eigenvalue weighted by molar-refractivity contribution is 7.90. The van der Waals surface area contributed by atoms with Crippen molar-refractivity contribution in [2.75, 3.05) is 37.3 Å². The summed E-state index contributed by atoms with van der Waals surface area (Å²) in [7, 11) is -1.78. The molecule has 0 saturated carbocycles. The van der Waals surface area contributed by atoms with Crippen LogP contribution in [0.2, 0.25) is 5.15 Å². The summed E-state index contributed by atoms with van der Waals surface area (Å²) in [5.74, 6) is 0. The molecule has 3 rings (SSSR count). The zero-order chi connectivity index (χ0) is 21.3. The third kappa shape index (κ3) is 4.54. The van der Waals surface area contributed by atoms with Gasteiger partial charge in [-0.3, -0.25) is 19.7 Å². The van der Waals surface area contributed by atoms with Crippen molar-refractivity contribution < 1.29 is 13.3 Å². The van der Waals surface area contributed by atoms with Crippen molar-refractivity contribution in [3.8, 4) is 0 Å². The van der Waals surface area contributed by atoms with Gasteiger partial charge in [0.25, 0.3) is 5.69 Å². The Bertz CT molecular complexity index is 1030. The Kier molecular flexibility index (Phi) is 6.16. The van der Waals surface area contributed by atoms with Crippen molar-refractivity contribution in [3.63, 3.8) is 0 Å². The van der Waals surface area contributed by atoms with Gasteiger partial charge in [0.15, 0.2) is 9.84 Å². The van der Waals surface area contributed by atoms with E-state index in [4.69, 9.17) is 11.6 Å². The SMILES string of the molecule is CCc1nn(C)c(Cl)c1CN1CCN(c2ccc([N+](=O)[O-])cc2S(C)(=O)=O)CC1. The van der Waals surface area contributed by atoms with Crippen molar-refractivity contribution in [1.29, 1.82) is 0 Å². The lowest BCUT2D eigenvalue weighted by molar-refractivity contribution is -0.385. The van der Waals surface area contributed by atoms with Crippen LogP contribution in [0.3, 0.4) is 0 Å². The molecule has 29 heavy (non-hydrogen) atoms. The molecule has 2 aromatic rings. The lowest BCUT2D eigenvalue weighted by Gasteiger charge is -2.36. The normalized spacial score (nSPS) is 15.7. The molecule has 158 valence electrons. The highest BCUT2D eigenvalue weighted by Crippen LogP contribution is 2.30. The fourth-order valence-corrected chi connectivity index (χ4v) is 4.70. The van der Waals surface area contributed by atoms with Gasteiger partial charge in [0.2, 0.25) is 0 Å². The number of nitro benzene ring substituents is 1. The predicted octanol–water partition coefficient (Wildman–Crippen LogP) is 2.27. The van der Waals surface area contributed by atoms with E-state index in [1.165, 1.54) is 12.1 Å². The summed E-state index contributed by atoms with van der Waals surface area (Å²) in [5.41, 5.74) is 2.28. The van der Waals surface area contributed by atoms with Gasteiger partial charge in [-0.05, 0) is 12.5 Å². The minimum atomic E-state index is -3.60. The number of anilines is 1. The summed E-state index contributed by atoms with van der Waals surface area (Å²) < 4.78 is 26.1. The summed E-state index contributed by atoms with van der Waals surface area (Å²) in [6.07, 6.45) is 1.87. The molecule has 1 saturated heterocycles. The maximum absolute atomic E-state index is 12.2. The second-order valence-electron chi connectivity index (χ2n) is 7.14. The average molecular weight is 442 g/mol. The molecule has 0 bridgehead atoms. The van der Waals surface area contributed by atoms with Crippen molar-refractivity contribution in [1.82, 2.24) is 14.7 Å². The van der Waals surface area contributed by atoms with Gasteiger partial charge in [-0.25, -0.2) is 8.42 Å². The smallest absolute Gasteiger partial charge is 0.270 e. The van der Waals surface area contributed by atoms with Crippen LogP contribution in [0.1, 0.15) is 18.2 Å². The Balaban J connectivity index is 1.77. The third-order valence-electron chi connectivity index (χ3n) is 5.14. The molecular weight excluding hydrogens is 418 g/mol. The van der Waals surface area contributed by atoms with Gasteiger partial charge in [-0.15, -0.1) is 0 Å². The quantitative estimate of drug-likeness (QED) is 0.500. The Morgan fingerprint density at radius 2 is 1.90 bits per heavy atom. The van der Waals surface area contributed by atoms with Crippen LogP contribution >= 0.6 is 11.6 Å². The number of benzene rings is 1. The van der Waals surface area contributed by atoms with Gasteiger partial charge in [0, 0.05) is 63.7 Å².